The van der Waals surface area contributed by atoms with Gasteiger partial charge >= 0.3 is 0 Å². The van der Waals surface area contributed by atoms with Crippen LogP contribution in [0, 0.1) is 6.92 Å². The monoisotopic (exact) mass is 262 g/mol. The number of aryl methyl sites for hydroxylation is 2. The molecule has 0 saturated heterocycles. The molecule has 0 bridgehead atoms. The standard InChI is InChI=1S/C14H18N2O3/c1-10-6-12(16(2)15-10)9-19-14-5-4-13(18-3)7-11(14)8-17/h4-7,17H,8-9H2,1-3H3. The van der Waals surface area contributed by atoms with Crippen molar-refractivity contribution in [1.82, 2.24) is 9.78 Å². The van der Waals surface area contributed by atoms with Crippen LogP contribution in [0.15, 0.2) is 24.3 Å². The molecule has 1 aromatic heterocycles. The third-order valence-corrected chi connectivity index (χ3v) is 2.91. The topological polar surface area (TPSA) is 56.5 Å². The van der Waals surface area contributed by atoms with E-state index in [2.05, 4.69) is 5.10 Å². The Morgan fingerprint density at radius 1 is 1.32 bits per heavy atom. The molecular weight excluding hydrogens is 244 g/mol. The molecule has 2 rings (SSSR count). The van der Waals surface area contributed by atoms with E-state index >= 15 is 0 Å². The molecule has 5 heteroatoms. The lowest BCUT2D eigenvalue weighted by Gasteiger charge is -2.11. The second-order valence-corrected chi connectivity index (χ2v) is 4.32. The van der Waals surface area contributed by atoms with E-state index in [4.69, 9.17) is 9.47 Å². The molecule has 5 nitrogen and oxygen atoms in total. The van der Waals surface area contributed by atoms with Gasteiger partial charge < -0.3 is 14.6 Å². The molecule has 102 valence electrons. The Morgan fingerprint density at radius 2 is 2.11 bits per heavy atom. The van der Waals surface area contributed by atoms with Gasteiger partial charge in [-0.05, 0) is 31.2 Å². The molecule has 0 unspecified atom stereocenters. The fourth-order valence-electron chi connectivity index (χ4n) is 1.90. The minimum atomic E-state index is -0.0864. The number of hydrogen-bond acceptors (Lipinski definition) is 4. The van der Waals surface area contributed by atoms with Crippen molar-refractivity contribution in [1.29, 1.82) is 0 Å². The van der Waals surface area contributed by atoms with Crippen LogP contribution in [0.3, 0.4) is 0 Å². The van der Waals surface area contributed by atoms with Crippen LogP contribution in [0.25, 0.3) is 0 Å². The van der Waals surface area contributed by atoms with Gasteiger partial charge in [-0.15, -0.1) is 0 Å². The minimum Gasteiger partial charge on any atom is -0.497 e. The zero-order valence-electron chi connectivity index (χ0n) is 11.4. The van der Waals surface area contributed by atoms with Crippen molar-refractivity contribution in [2.45, 2.75) is 20.1 Å². The molecule has 0 atom stereocenters. The Hall–Kier alpha value is -2.01. The van der Waals surface area contributed by atoms with Gasteiger partial charge in [0.2, 0.25) is 0 Å². The van der Waals surface area contributed by atoms with Crippen LogP contribution in [-0.4, -0.2) is 22.0 Å². The normalized spacial score (nSPS) is 10.5. The van der Waals surface area contributed by atoms with Gasteiger partial charge in [0, 0.05) is 12.6 Å². The number of aliphatic hydroxyl groups is 1. The second-order valence-electron chi connectivity index (χ2n) is 4.32. The number of hydrogen-bond donors (Lipinski definition) is 1. The quantitative estimate of drug-likeness (QED) is 0.892. The van der Waals surface area contributed by atoms with Gasteiger partial charge in [0.1, 0.15) is 18.1 Å². The number of aliphatic hydroxyl groups excluding tert-OH is 1. The fraction of sp³-hybridized carbons (Fsp3) is 0.357. The van der Waals surface area contributed by atoms with E-state index in [1.54, 1.807) is 23.9 Å². The van der Waals surface area contributed by atoms with Crippen molar-refractivity contribution in [3.05, 3.63) is 41.2 Å². The van der Waals surface area contributed by atoms with Crippen molar-refractivity contribution in [3.8, 4) is 11.5 Å². The first-order valence-corrected chi connectivity index (χ1v) is 6.04. The number of nitrogens with zero attached hydrogens (tertiary/aromatic N) is 2. The van der Waals surface area contributed by atoms with Crippen LogP contribution < -0.4 is 9.47 Å². The van der Waals surface area contributed by atoms with E-state index in [0.717, 1.165) is 11.4 Å². The summed E-state index contributed by atoms with van der Waals surface area (Å²) in [6.07, 6.45) is 0. The average molecular weight is 262 g/mol. The molecular formula is C14H18N2O3. The van der Waals surface area contributed by atoms with Crippen molar-refractivity contribution >= 4 is 0 Å². The number of rotatable bonds is 5. The van der Waals surface area contributed by atoms with Crippen LogP contribution in [0.5, 0.6) is 11.5 Å². The Labute approximate surface area is 112 Å². The van der Waals surface area contributed by atoms with Gasteiger partial charge in [-0.3, -0.25) is 4.68 Å². The van der Waals surface area contributed by atoms with Crippen molar-refractivity contribution in [2.75, 3.05) is 7.11 Å². The van der Waals surface area contributed by atoms with Gasteiger partial charge in [0.15, 0.2) is 0 Å². The van der Waals surface area contributed by atoms with E-state index < -0.39 is 0 Å². The number of methoxy groups -OCH3 is 1. The summed E-state index contributed by atoms with van der Waals surface area (Å²) in [5, 5.41) is 13.6. The molecule has 19 heavy (non-hydrogen) atoms. The molecule has 0 amide bonds. The van der Waals surface area contributed by atoms with Crippen molar-refractivity contribution < 1.29 is 14.6 Å². The van der Waals surface area contributed by atoms with Crippen molar-refractivity contribution in [2.24, 2.45) is 7.05 Å². The maximum absolute atomic E-state index is 9.34. The van der Waals surface area contributed by atoms with Gasteiger partial charge in [-0.1, -0.05) is 0 Å². The fourth-order valence-corrected chi connectivity index (χ4v) is 1.90. The molecule has 0 aliphatic rings. The van der Waals surface area contributed by atoms with Crippen LogP contribution in [0.2, 0.25) is 0 Å². The summed E-state index contributed by atoms with van der Waals surface area (Å²) in [5.74, 6) is 1.36. The summed E-state index contributed by atoms with van der Waals surface area (Å²) in [5.41, 5.74) is 2.65. The highest BCUT2D eigenvalue weighted by molar-refractivity contribution is 5.40. The molecule has 0 aliphatic heterocycles. The third-order valence-electron chi connectivity index (χ3n) is 2.91. The molecule has 0 fully saturated rings. The minimum absolute atomic E-state index is 0.0864. The second kappa shape index (κ2) is 5.75. The van der Waals surface area contributed by atoms with Gasteiger partial charge in [-0.25, -0.2) is 0 Å². The molecule has 0 saturated carbocycles. The van der Waals surface area contributed by atoms with Gasteiger partial charge in [0.05, 0.1) is 25.1 Å². The summed E-state index contributed by atoms with van der Waals surface area (Å²) in [7, 11) is 3.47. The lowest BCUT2D eigenvalue weighted by atomic mass is 10.2. The van der Waals surface area contributed by atoms with Crippen LogP contribution in [-0.2, 0) is 20.3 Å². The first kappa shape index (κ1) is 13.4. The van der Waals surface area contributed by atoms with E-state index in [9.17, 15) is 5.11 Å². The van der Waals surface area contributed by atoms with E-state index in [1.165, 1.54) is 0 Å². The third kappa shape index (κ3) is 3.06. The highest BCUT2D eigenvalue weighted by atomic mass is 16.5. The zero-order valence-corrected chi connectivity index (χ0v) is 11.4. The summed E-state index contributed by atoms with van der Waals surface area (Å²) >= 11 is 0. The van der Waals surface area contributed by atoms with E-state index in [0.29, 0.717) is 23.7 Å². The highest BCUT2D eigenvalue weighted by Gasteiger charge is 2.07. The molecule has 0 aliphatic carbocycles. The maximum atomic E-state index is 9.34. The zero-order chi connectivity index (χ0) is 13.8. The van der Waals surface area contributed by atoms with E-state index in [1.807, 2.05) is 26.1 Å². The van der Waals surface area contributed by atoms with E-state index in [-0.39, 0.29) is 6.61 Å². The highest BCUT2D eigenvalue weighted by Crippen LogP contribution is 2.25. The Bertz CT molecular complexity index is 564. The maximum Gasteiger partial charge on any atom is 0.130 e. The Kier molecular flexibility index (Phi) is 4.06. The molecule has 1 N–H and O–H groups in total. The number of aromatic nitrogens is 2. The van der Waals surface area contributed by atoms with Gasteiger partial charge in [0.25, 0.3) is 0 Å². The molecule has 0 radical (unpaired) electrons. The lowest BCUT2D eigenvalue weighted by molar-refractivity contribution is 0.254. The molecule has 0 spiro atoms. The SMILES string of the molecule is COc1ccc(OCc2cc(C)nn2C)c(CO)c1. The number of ether oxygens (including phenoxy) is 2. The van der Waals surface area contributed by atoms with Crippen LogP contribution >= 0.6 is 0 Å². The van der Waals surface area contributed by atoms with Crippen LogP contribution in [0.4, 0.5) is 0 Å². The van der Waals surface area contributed by atoms with Gasteiger partial charge in [-0.2, -0.15) is 5.10 Å². The summed E-state index contributed by atoms with van der Waals surface area (Å²) in [4.78, 5) is 0. The Balaban J connectivity index is 2.13. The summed E-state index contributed by atoms with van der Waals surface area (Å²) in [6, 6.07) is 7.35. The Morgan fingerprint density at radius 3 is 2.68 bits per heavy atom. The predicted molar refractivity (Wildman–Crippen MR) is 71.2 cm³/mol. The number of benzene rings is 1. The first-order chi connectivity index (χ1) is 9.13. The van der Waals surface area contributed by atoms with Crippen molar-refractivity contribution in [3.63, 3.8) is 0 Å². The summed E-state index contributed by atoms with van der Waals surface area (Å²) < 4.78 is 12.6. The molecule has 1 heterocycles. The summed E-state index contributed by atoms with van der Waals surface area (Å²) in [6.45, 7) is 2.27. The smallest absolute Gasteiger partial charge is 0.130 e. The lowest BCUT2D eigenvalue weighted by Crippen LogP contribution is -2.04. The predicted octanol–water partition coefficient (Wildman–Crippen LogP) is 1.81. The first-order valence-electron chi connectivity index (χ1n) is 6.04. The molecule has 1 aromatic carbocycles. The average Bonchev–Trinajstić information content (AvgIpc) is 2.74. The molecule has 2 aromatic rings. The van der Waals surface area contributed by atoms with Crippen LogP contribution in [0.1, 0.15) is 17.0 Å². The largest absolute Gasteiger partial charge is 0.497 e.